The second kappa shape index (κ2) is 5.23. The summed E-state index contributed by atoms with van der Waals surface area (Å²) in [5, 5.41) is 9.38. The lowest BCUT2D eigenvalue weighted by Crippen LogP contribution is -2.27. The summed E-state index contributed by atoms with van der Waals surface area (Å²) >= 11 is 0. The van der Waals surface area contributed by atoms with Crippen LogP contribution in [0.4, 0.5) is 0 Å². The summed E-state index contributed by atoms with van der Waals surface area (Å²) in [5.74, 6) is 0. The molecule has 0 amide bonds. The van der Waals surface area contributed by atoms with Crippen LogP contribution in [-0.2, 0) is 0 Å². The molecule has 0 aromatic heterocycles. The third-order valence-corrected chi connectivity index (χ3v) is 3.07. The molecule has 1 rings (SSSR count). The molecule has 74 valence electrons. The summed E-state index contributed by atoms with van der Waals surface area (Å²) in [6.07, 6.45) is 13.2. The van der Waals surface area contributed by atoms with E-state index in [1.165, 1.54) is 32.1 Å². The van der Waals surface area contributed by atoms with Crippen molar-refractivity contribution in [2.75, 3.05) is 6.61 Å². The molecule has 0 heterocycles. The number of hydrogen-bond donors (Lipinski definition) is 1. The van der Waals surface area contributed by atoms with Crippen LogP contribution in [-0.4, -0.2) is 11.7 Å². The van der Waals surface area contributed by atoms with Crippen molar-refractivity contribution in [3.05, 3.63) is 24.8 Å². The van der Waals surface area contributed by atoms with Gasteiger partial charge in [-0.15, -0.1) is 0 Å². The molecule has 1 nitrogen and oxygen atoms in total. The Morgan fingerprint density at radius 3 is 2.46 bits per heavy atom. The van der Waals surface area contributed by atoms with Gasteiger partial charge in [-0.3, -0.25) is 0 Å². The molecule has 0 spiro atoms. The molecule has 0 aliphatic heterocycles. The smallest absolute Gasteiger partial charge is 0.0490 e. The summed E-state index contributed by atoms with van der Waals surface area (Å²) in [5.41, 5.74) is 0.192. The fourth-order valence-electron chi connectivity index (χ4n) is 2.14. The highest BCUT2D eigenvalue weighted by atomic mass is 16.3. The molecule has 1 fully saturated rings. The van der Waals surface area contributed by atoms with E-state index in [0.717, 1.165) is 6.42 Å². The van der Waals surface area contributed by atoms with E-state index >= 15 is 0 Å². The van der Waals surface area contributed by atoms with Crippen LogP contribution >= 0.6 is 0 Å². The molecule has 1 aliphatic rings. The van der Waals surface area contributed by atoms with E-state index in [9.17, 15) is 5.11 Å². The maximum Gasteiger partial charge on any atom is 0.0490 e. The molecule has 0 atom stereocenters. The molecule has 1 saturated carbocycles. The van der Waals surface area contributed by atoms with Gasteiger partial charge in [0.1, 0.15) is 0 Å². The van der Waals surface area contributed by atoms with Gasteiger partial charge in [0.15, 0.2) is 0 Å². The van der Waals surface area contributed by atoms with E-state index in [1.807, 2.05) is 6.08 Å². The quantitative estimate of drug-likeness (QED) is 0.659. The number of rotatable bonds is 4. The molecule has 1 heteroatoms. The van der Waals surface area contributed by atoms with Crippen molar-refractivity contribution in [1.82, 2.24) is 0 Å². The van der Waals surface area contributed by atoms with Gasteiger partial charge in [0, 0.05) is 6.61 Å². The third kappa shape index (κ3) is 3.00. The second-order valence-corrected chi connectivity index (χ2v) is 4.09. The lowest BCUT2D eigenvalue weighted by Gasteiger charge is -2.34. The standard InChI is InChI=1S/C12H20O/c1-2-3-5-8-12(11-13)9-6-4-7-10-12/h2-3,5,13H,1,4,6-11H2/b5-3+. The van der Waals surface area contributed by atoms with E-state index in [1.54, 1.807) is 6.08 Å². The molecular formula is C12H20O. The number of aliphatic hydroxyl groups is 1. The molecule has 0 unspecified atom stereocenters. The Hall–Kier alpha value is -0.560. The van der Waals surface area contributed by atoms with Crippen LogP contribution in [0.25, 0.3) is 0 Å². The van der Waals surface area contributed by atoms with Crippen molar-refractivity contribution in [3.63, 3.8) is 0 Å². The fraction of sp³-hybridized carbons (Fsp3) is 0.667. The van der Waals surface area contributed by atoms with Gasteiger partial charge in [-0.05, 0) is 24.7 Å². The number of hydrogen-bond acceptors (Lipinski definition) is 1. The lowest BCUT2D eigenvalue weighted by molar-refractivity contribution is 0.0850. The first-order chi connectivity index (χ1) is 6.33. The minimum absolute atomic E-state index is 0.192. The Bertz CT molecular complexity index is 176. The summed E-state index contributed by atoms with van der Waals surface area (Å²) in [7, 11) is 0. The third-order valence-electron chi connectivity index (χ3n) is 3.07. The van der Waals surface area contributed by atoms with E-state index < -0.39 is 0 Å². The number of allylic oxidation sites excluding steroid dienone is 3. The zero-order valence-electron chi connectivity index (χ0n) is 8.34. The Labute approximate surface area is 81.2 Å². The highest BCUT2D eigenvalue weighted by Gasteiger charge is 2.29. The van der Waals surface area contributed by atoms with Crippen molar-refractivity contribution < 1.29 is 5.11 Å². The minimum atomic E-state index is 0.192. The predicted octanol–water partition coefficient (Wildman–Crippen LogP) is 3.06. The van der Waals surface area contributed by atoms with E-state index in [0.29, 0.717) is 6.61 Å². The molecule has 0 saturated heterocycles. The number of aliphatic hydroxyl groups excluding tert-OH is 1. The van der Waals surface area contributed by atoms with Gasteiger partial charge >= 0.3 is 0 Å². The summed E-state index contributed by atoms with van der Waals surface area (Å²) < 4.78 is 0. The maximum absolute atomic E-state index is 9.38. The highest BCUT2D eigenvalue weighted by molar-refractivity contribution is 5.00. The van der Waals surface area contributed by atoms with Gasteiger partial charge in [-0.25, -0.2) is 0 Å². The van der Waals surface area contributed by atoms with Crippen LogP contribution in [0.1, 0.15) is 38.5 Å². The first-order valence-electron chi connectivity index (χ1n) is 5.21. The summed E-state index contributed by atoms with van der Waals surface area (Å²) in [4.78, 5) is 0. The van der Waals surface area contributed by atoms with Crippen molar-refractivity contribution >= 4 is 0 Å². The molecule has 0 aromatic rings. The SMILES string of the molecule is C=C/C=C/CC1(CO)CCCCC1. The van der Waals surface area contributed by atoms with Crippen LogP contribution in [0.2, 0.25) is 0 Å². The Morgan fingerprint density at radius 1 is 1.23 bits per heavy atom. The zero-order valence-corrected chi connectivity index (χ0v) is 8.34. The van der Waals surface area contributed by atoms with Crippen molar-refractivity contribution in [2.24, 2.45) is 5.41 Å². The molecule has 1 aliphatic carbocycles. The average Bonchev–Trinajstić information content (AvgIpc) is 2.20. The Kier molecular flexibility index (Phi) is 4.23. The predicted molar refractivity (Wildman–Crippen MR) is 56.6 cm³/mol. The topological polar surface area (TPSA) is 20.2 Å². The van der Waals surface area contributed by atoms with Gasteiger partial charge in [-0.1, -0.05) is 44.1 Å². The average molecular weight is 180 g/mol. The van der Waals surface area contributed by atoms with E-state index in [-0.39, 0.29) is 5.41 Å². The highest BCUT2D eigenvalue weighted by Crippen LogP contribution is 2.38. The van der Waals surface area contributed by atoms with Crippen LogP contribution < -0.4 is 0 Å². The monoisotopic (exact) mass is 180 g/mol. The van der Waals surface area contributed by atoms with Crippen LogP contribution in [0.3, 0.4) is 0 Å². The summed E-state index contributed by atoms with van der Waals surface area (Å²) in [6.45, 7) is 3.98. The van der Waals surface area contributed by atoms with Gasteiger partial charge < -0.3 is 5.11 Å². The van der Waals surface area contributed by atoms with Gasteiger partial charge in [0.2, 0.25) is 0 Å². The second-order valence-electron chi connectivity index (χ2n) is 4.09. The zero-order chi connectivity index (χ0) is 9.57. The molecule has 0 aromatic carbocycles. The lowest BCUT2D eigenvalue weighted by atomic mass is 9.72. The maximum atomic E-state index is 9.38. The van der Waals surface area contributed by atoms with Crippen molar-refractivity contribution in [1.29, 1.82) is 0 Å². The minimum Gasteiger partial charge on any atom is -0.396 e. The molecule has 13 heavy (non-hydrogen) atoms. The molecule has 0 radical (unpaired) electrons. The van der Waals surface area contributed by atoms with Crippen LogP contribution in [0.15, 0.2) is 24.8 Å². The Balaban J connectivity index is 2.46. The largest absolute Gasteiger partial charge is 0.396 e. The van der Waals surface area contributed by atoms with Crippen LogP contribution in [0, 0.1) is 5.41 Å². The van der Waals surface area contributed by atoms with Crippen molar-refractivity contribution in [3.8, 4) is 0 Å². The molecule has 0 bridgehead atoms. The first-order valence-corrected chi connectivity index (χ1v) is 5.21. The Morgan fingerprint density at radius 2 is 1.92 bits per heavy atom. The van der Waals surface area contributed by atoms with E-state index in [4.69, 9.17) is 0 Å². The van der Waals surface area contributed by atoms with Gasteiger partial charge in [0.25, 0.3) is 0 Å². The molecule has 1 N–H and O–H groups in total. The van der Waals surface area contributed by atoms with Gasteiger partial charge in [-0.2, -0.15) is 0 Å². The van der Waals surface area contributed by atoms with Gasteiger partial charge in [0.05, 0.1) is 0 Å². The van der Waals surface area contributed by atoms with E-state index in [2.05, 4.69) is 12.7 Å². The summed E-state index contributed by atoms with van der Waals surface area (Å²) in [6, 6.07) is 0. The normalized spacial score (nSPS) is 21.9. The van der Waals surface area contributed by atoms with Crippen LogP contribution in [0.5, 0.6) is 0 Å². The fourth-order valence-corrected chi connectivity index (χ4v) is 2.14. The van der Waals surface area contributed by atoms with Crippen molar-refractivity contribution in [2.45, 2.75) is 38.5 Å². The first kappa shape index (κ1) is 10.5. The molecular weight excluding hydrogens is 160 g/mol.